The lowest BCUT2D eigenvalue weighted by Gasteiger charge is -2.39. The van der Waals surface area contributed by atoms with Gasteiger partial charge in [-0.2, -0.15) is 28.8 Å². The van der Waals surface area contributed by atoms with Crippen molar-refractivity contribution in [1.29, 1.82) is 5.26 Å². The third-order valence-corrected chi connectivity index (χ3v) is 13.0. The molecule has 3 aromatic carbocycles. The van der Waals surface area contributed by atoms with Crippen molar-refractivity contribution in [1.82, 2.24) is 9.65 Å². The maximum atomic E-state index is 9.40. The summed E-state index contributed by atoms with van der Waals surface area (Å²) in [6, 6.07) is 33.2. The Bertz CT molecular complexity index is 1770. The van der Waals surface area contributed by atoms with E-state index in [1.54, 1.807) is 37.7 Å². The van der Waals surface area contributed by atoms with E-state index >= 15 is 0 Å². The third-order valence-electron chi connectivity index (χ3n) is 9.71. The highest BCUT2D eigenvalue weighted by Crippen LogP contribution is 2.51. The van der Waals surface area contributed by atoms with E-state index in [0.29, 0.717) is 6.42 Å². The van der Waals surface area contributed by atoms with E-state index < -0.39 is 20.2 Å². The Hall–Kier alpha value is -3.17. The summed E-state index contributed by atoms with van der Waals surface area (Å²) in [5.41, 5.74) is 4.96. The Balaban J connectivity index is 1.60. The number of methoxy groups -OCH3 is 2. The van der Waals surface area contributed by atoms with Gasteiger partial charge in [-0.25, -0.2) is 4.67 Å². The van der Waals surface area contributed by atoms with Gasteiger partial charge in [-0.1, -0.05) is 60.7 Å². The van der Waals surface area contributed by atoms with Crippen LogP contribution in [0.2, 0.25) is 0 Å². The fourth-order valence-corrected chi connectivity index (χ4v) is 9.92. The van der Waals surface area contributed by atoms with Gasteiger partial charge in [0, 0.05) is 35.6 Å². The van der Waals surface area contributed by atoms with Crippen molar-refractivity contribution < 1.29 is 28.0 Å². The number of pyridine rings is 1. The molecule has 12 heteroatoms. The first-order valence-corrected chi connectivity index (χ1v) is 23.0. The molecule has 1 aliphatic rings. The Labute approximate surface area is 343 Å². The van der Waals surface area contributed by atoms with Gasteiger partial charge in [-0.15, -0.1) is 0 Å². The summed E-state index contributed by atoms with van der Waals surface area (Å²) < 4.78 is 41.4. The molecule has 1 saturated heterocycles. The maximum Gasteiger partial charge on any atom is 0.259 e. The second kappa shape index (κ2) is 21.5. The van der Waals surface area contributed by atoms with Crippen LogP contribution < -0.4 is 9.47 Å². The number of nitrogens with zero attached hydrogens (tertiary/aromatic N) is 3. The molecular weight excluding hydrogens is 762 g/mol. The van der Waals surface area contributed by atoms with Crippen molar-refractivity contribution in [2.75, 3.05) is 39.9 Å². The minimum atomic E-state index is -1.55. The zero-order valence-electron chi connectivity index (χ0n) is 33.8. The molecule has 4 atom stereocenters. The van der Waals surface area contributed by atoms with Gasteiger partial charge in [0.15, 0.2) is 0 Å². The number of benzene rings is 3. The van der Waals surface area contributed by atoms with Crippen molar-refractivity contribution in [3.63, 3.8) is 0 Å². The smallest absolute Gasteiger partial charge is 0.259 e. The Kier molecular flexibility index (Phi) is 16.9. The van der Waals surface area contributed by atoms with Gasteiger partial charge in [-0.05, 0) is 87.2 Å². The Morgan fingerprint density at radius 1 is 0.839 bits per heavy atom. The minimum Gasteiger partial charge on any atom is -0.497 e. The lowest BCUT2D eigenvalue weighted by molar-refractivity contribution is -0.0807. The Morgan fingerprint density at radius 2 is 1.43 bits per heavy atom. The Morgan fingerprint density at radius 3 is 1.96 bits per heavy atom. The number of ether oxygens (including phenoxy) is 4. The summed E-state index contributed by atoms with van der Waals surface area (Å²) in [6.45, 7) is 9.07. The molecule has 0 N–H and O–H groups in total. The molecule has 1 fully saturated rings. The van der Waals surface area contributed by atoms with E-state index in [2.05, 4.69) is 99.5 Å². The molecule has 0 aliphatic carbocycles. The lowest BCUT2D eigenvalue weighted by atomic mass is 9.80. The quantitative estimate of drug-likeness (QED) is 0.0457. The number of rotatable bonds is 21. The van der Waals surface area contributed by atoms with E-state index in [0.717, 1.165) is 56.6 Å². The van der Waals surface area contributed by atoms with Gasteiger partial charge in [0.1, 0.15) is 23.2 Å². The molecule has 9 nitrogen and oxygen atoms in total. The number of hydrogen-bond donors (Lipinski definition) is 0. The van der Waals surface area contributed by atoms with Crippen LogP contribution in [0, 0.1) is 11.3 Å². The molecule has 1 aliphatic heterocycles. The SMILES string of the molecule is COc1ccc(C(OC[C@H]2O[C@@H](c3ccc(CSC)nc3CSC)C[C@@H]2OP(OCCC#N)N(C(C)C)C(C)C)(c2ccccc2)c2ccc(OC)cc2)cc1. The molecule has 0 spiro atoms. The van der Waals surface area contributed by atoms with E-state index in [1.807, 2.05) is 42.5 Å². The molecule has 0 bridgehead atoms. The van der Waals surface area contributed by atoms with Crippen molar-refractivity contribution in [3.8, 4) is 17.6 Å². The fourth-order valence-electron chi connectivity index (χ4n) is 7.20. The number of hydrogen-bond acceptors (Lipinski definition) is 11. The summed E-state index contributed by atoms with van der Waals surface area (Å²) in [5, 5.41) is 9.40. The highest BCUT2D eigenvalue weighted by Gasteiger charge is 2.45. The summed E-state index contributed by atoms with van der Waals surface area (Å²) in [7, 11) is 1.79. The van der Waals surface area contributed by atoms with E-state index in [4.69, 9.17) is 33.0 Å². The lowest BCUT2D eigenvalue weighted by Crippen LogP contribution is -2.39. The van der Waals surface area contributed by atoms with Crippen LogP contribution in [-0.4, -0.2) is 73.9 Å². The molecule has 5 rings (SSSR count). The van der Waals surface area contributed by atoms with Gasteiger partial charge in [-0.3, -0.25) is 4.98 Å². The largest absolute Gasteiger partial charge is 0.497 e. The molecule has 0 amide bonds. The maximum absolute atomic E-state index is 9.40. The molecule has 1 unspecified atom stereocenters. The second-order valence-corrected chi connectivity index (χ2v) is 17.2. The minimum absolute atomic E-state index is 0.147. The average molecular weight is 818 g/mol. The third kappa shape index (κ3) is 10.7. The predicted molar refractivity (Wildman–Crippen MR) is 229 cm³/mol. The summed E-state index contributed by atoms with van der Waals surface area (Å²) >= 11 is 3.51. The van der Waals surface area contributed by atoms with E-state index in [9.17, 15) is 5.26 Å². The number of nitriles is 1. The molecule has 0 saturated carbocycles. The summed E-state index contributed by atoms with van der Waals surface area (Å²) in [5.74, 6) is 3.12. The normalized spacial score (nSPS) is 17.7. The van der Waals surface area contributed by atoms with Crippen LogP contribution >= 0.6 is 32.0 Å². The molecule has 300 valence electrons. The second-order valence-electron chi connectivity index (χ2n) is 14.1. The van der Waals surface area contributed by atoms with E-state index in [1.165, 1.54) is 0 Å². The summed E-state index contributed by atoms with van der Waals surface area (Å²) in [6.07, 6.45) is 3.93. The van der Waals surface area contributed by atoms with Crippen LogP contribution in [0.25, 0.3) is 0 Å². The highest BCUT2D eigenvalue weighted by atomic mass is 32.2. The van der Waals surface area contributed by atoms with Crippen LogP contribution in [0.1, 0.15) is 80.3 Å². The van der Waals surface area contributed by atoms with Crippen molar-refractivity contribution >= 4 is 32.0 Å². The predicted octanol–water partition coefficient (Wildman–Crippen LogP) is 10.3. The first-order chi connectivity index (χ1) is 27.2. The van der Waals surface area contributed by atoms with Gasteiger partial charge in [0.25, 0.3) is 8.53 Å². The average Bonchev–Trinajstić information content (AvgIpc) is 3.61. The van der Waals surface area contributed by atoms with E-state index in [-0.39, 0.29) is 43.9 Å². The van der Waals surface area contributed by atoms with Crippen LogP contribution in [0.5, 0.6) is 11.5 Å². The fraction of sp³-hybridized carbons (Fsp3) is 0.455. The van der Waals surface area contributed by atoms with Crippen molar-refractivity contribution in [2.24, 2.45) is 0 Å². The van der Waals surface area contributed by atoms with Gasteiger partial charge in [0.2, 0.25) is 0 Å². The van der Waals surface area contributed by atoms with Crippen LogP contribution in [0.3, 0.4) is 0 Å². The first kappa shape index (κ1) is 43.9. The molecule has 2 heterocycles. The first-order valence-electron chi connectivity index (χ1n) is 19.0. The van der Waals surface area contributed by atoms with Crippen LogP contribution in [0.15, 0.2) is 91.0 Å². The van der Waals surface area contributed by atoms with Gasteiger partial charge in [0.05, 0.1) is 63.5 Å². The highest BCUT2D eigenvalue weighted by molar-refractivity contribution is 7.98. The van der Waals surface area contributed by atoms with Gasteiger partial charge < -0.3 is 28.0 Å². The zero-order chi connectivity index (χ0) is 40.1. The molecular formula is C44H56N3O6PS2. The van der Waals surface area contributed by atoms with Crippen molar-refractivity contribution in [3.05, 3.63) is 125 Å². The van der Waals surface area contributed by atoms with Gasteiger partial charge >= 0.3 is 0 Å². The molecule has 1 aromatic heterocycles. The number of aromatic nitrogens is 1. The standard InChI is InChI=1S/C44H56N3O6PS2/c1-31(2)47(32(3)4)54(51-26-12-25-45)53-42-27-41(39-24-19-36(29-55-7)46-40(39)30-56-8)52-43(42)28-50-44(33-13-10-9-11-14-33,34-15-20-37(48-5)21-16-34)35-17-22-38(49-6)23-18-35/h9-11,13-24,31-32,41-43H,12,26-30H2,1-8H3/t41-,42+,43-,54?/m1/s1. The molecule has 0 radical (unpaired) electrons. The van der Waals surface area contributed by atoms with Crippen LogP contribution in [0.4, 0.5) is 0 Å². The monoisotopic (exact) mass is 817 g/mol. The number of thioether (sulfide) groups is 2. The summed E-state index contributed by atoms with van der Waals surface area (Å²) in [4.78, 5) is 5.09. The molecule has 4 aromatic rings. The zero-order valence-corrected chi connectivity index (χ0v) is 36.4. The molecule has 56 heavy (non-hydrogen) atoms. The topological polar surface area (TPSA) is 95.3 Å². The van der Waals surface area contributed by atoms with Crippen molar-refractivity contribution in [2.45, 2.75) is 88.0 Å². The van der Waals surface area contributed by atoms with Crippen LogP contribution in [-0.2, 0) is 35.6 Å².